The van der Waals surface area contributed by atoms with Crippen molar-refractivity contribution in [1.82, 2.24) is 0 Å². The van der Waals surface area contributed by atoms with Crippen LogP contribution in [0.1, 0.15) is 46.0 Å². The third-order valence-electron chi connectivity index (χ3n) is 3.29. The van der Waals surface area contributed by atoms with E-state index < -0.39 is 24.4 Å². The number of rotatable bonds is 5. The molecule has 0 aromatic carbocycles. The predicted molar refractivity (Wildman–Crippen MR) is 61.1 cm³/mol. The highest BCUT2D eigenvalue weighted by molar-refractivity contribution is 4.90. The number of ether oxygens (including phenoxy) is 1. The first-order valence-electron chi connectivity index (χ1n) is 6.27. The average Bonchev–Trinajstić information content (AvgIpc) is 2.28. The van der Waals surface area contributed by atoms with Gasteiger partial charge in [0.05, 0.1) is 12.2 Å². The molecule has 5 atom stereocenters. The molecule has 0 aromatic rings. The van der Waals surface area contributed by atoms with Crippen LogP contribution in [0, 0.1) is 0 Å². The van der Waals surface area contributed by atoms with Crippen LogP contribution in [-0.4, -0.2) is 45.8 Å². The Bertz CT molecular complexity index is 197. The van der Waals surface area contributed by atoms with Gasteiger partial charge in [-0.25, -0.2) is 0 Å². The van der Waals surface area contributed by atoms with Crippen LogP contribution in [0.3, 0.4) is 0 Å². The first-order valence-corrected chi connectivity index (χ1v) is 6.27. The average molecular weight is 232 g/mol. The summed E-state index contributed by atoms with van der Waals surface area (Å²) in [4.78, 5) is 0. The normalized spacial score (nSPS) is 39.9. The van der Waals surface area contributed by atoms with Crippen molar-refractivity contribution in [3.63, 3.8) is 0 Å². The summed E-state index contributed by atoms with van der Waals surface area (Å²) in [7, 11) is 0. The summed E-state index contributed by atoms with van der Waals surface area (Å²) in [5, 5.41) is 28.9. The zero-order valence-electron chi connectivity index (χ0n) is 10.2. The summed E-state index contributed by atoms with van der Waals surface area (Å²) >= 11 is 0. The van der Waals surface area contributed by atoms with Crippen LogP contribution in [0.2, 0.25) is 0 Å². The van der Waals surface area contributed by atoms with Crippen molar-refractivity contribution in [3.8, 4) is 0 Å². The van der Waals surface area contributed by atoms with Gasteiger partial charge >= 0.3 is 0 Å². The van der Waals surface area contributed by atoms with E-state index in [1.54, 1.807) is 6.92 Å². The molecule has 1 aliphatic rings. The van der Waals surface area contributed by atoms with E-state index in [0.717, 1.165) is 19.3 Å². The third kappa shape index (κ3) is 3.42. The molecule has 3 N–H and O–H groups in total. The number of unbranched alkanes of at least 4 members (excludes halogenated alkanes) is 3. The van der Waals surface area contributed by atoms with Crippen LogP contribution in [0.5, 0.6) is 0 Å². The van der Waals surface area contributed by atoms with Crippen molar-refractivity contribution in [2.24, 2.45) is 0 Å². The van der Waals surface area contributed by atoms with E-state index in [9.17, 15) is 15.3 Å². The monoisotopic (exact) mass is 232 g/mol. The topological polar surface area (TPSA) is 69.9 Å². The molecule has 1 rings (SSSR count). The van der Waals surface area contributed by atoms with E-state index in [0.29, 0.717) is 0 Å². The fourth-order valence-corrected chi connectivity index (χ4v) is 2.15. The fraction of sp³-hybridized carbons (Fsp3) is 1.00. The Kier molecular flexibility index (Phi) is 5.69. The predicted octanol–water partition coefficient (Wildman–Crippen LogP) is 0.827. The molecule has 1 heterocycles. The van der Waals surface area contributed by atoms with Crippen LogP contribution in [-0.2, 0) is 4.74 Å². The summed E-state index contributed by atoms with van der Waals surface area (Å²) < 4.78 is 5.50. The van der Waals surface area contributed by atoms with Gasteiger partial charge in [0.1, 0.15) is 18.3 Å². The molecule has 1 fully saturated rings. The number of hydrogen-bond donors (Lipinski definition) is 3. The maximum absolute atomic E-state index is 9.75. The lowest BCUT2D eigenvalue weighted by atomic mass is 9.93. The molecule has 0 spiro atoms. The van der Waals surface area contributed by atoms with Crippen LogP contribution >= 0.6 is 0 Å². The quantitative estimate of drug-likeness (QED) is 0.614. The van der Waals surface area contributed by atoms with Gasteiger partial charge < -0.3 is 20.1 Å². The van der Waals surface area contributed by atoms with Gasteiger partial charge in [0.25, 0.3) is 0 Å². The standard InChI is InChI=1S/C12H24O4/c1-3-4-5-6-7-9-11(14)12(15)10(13)8(2)16-9/h8-15H,3-7H2,1-2H3/t8-,9-,10-,11-,12+/m0/s1. The Balaban J connectivity index is 2.35. The van der Waals surface area contributed by atoms with Gasteiger partial charge in [-0.1, -0.05) is 32.6 Å². The second-order valence-electron chi connectivity index (χ2n) is 4.70. The molecule has 4 nitrogen and oxygen atoms in total. The Morgan fingerprint density at radius 2 is 1.62 bits per heavy atom. The molecule has 0 aromatic heterocycles. The summed E-state index contributed by atoms with van der Waals surface area (Å²) in [5.41, 5.74) is 0. The first-order chi connectivity index (χ1) is 7.57. The summed E-state index contributed by atoms with van der Waals surface area (Å²) in [6, 6.07) is 0. The first kappa shape index (κ1) is 13.9. The zero-order chi connectivity index (χ0) is 12.1. The Morgan fingerprint density at radius 1 is 0.938 bits per heavy atom. The van der Waals surface area contributed by atoms with E-state index in [4.69, 9.17) is 4.74 Å². The van der Waals surface area contributed by atoms with E-state index in [1.165, 1.54) is 12.8 Å². The van der Waals surface area contributed by atoms with Gasteiger partial charge in [-0.15, -0.1) is 0 Å². The molecule has 0 amide bonds. The molecule has 1 saturated heterocycles. The van der Waals surface area contributed by atoms with Crippen LogP contribution < -0.4 is 0 Å². The lowest BCUT2D eigenvalue weighted by Crippen LogP contribution is -2.56. The highest BCUT2D eigenvalue weighted by Gasteiger charge is 2.41. The van der Waals surface area contributed by atoms with Crippen molar-refractivity contribution in [2.45, 2.75) is 76.5 Å². The van der Waals surface area contributed by atoms with Gasteiger partial charge in [0.2, 0.25) is 0 Å². The molecule has 0 bridgehead atoms. The Morgan fingerprint density at radius 3 is 2.25 bits per heavy atom. The van der Waals surface area contributed by atoms with Gasteiger partial charge in [0, 0.05) is 0 Å². The minimum Gasteiger partial charge on any atom is -0.388 e. The van der Waals surface area contributed by atoms with Gasteiger partial charge in [-0.3, -0.25) is 0 Å². The molecule has 0 unspecified atom stereocenters. The molecule has 16 heavy (non-hydrogen) atoms. The van der Waals surface area contributed by atoms with E-state index in [2.05, 4.69) is 6.92 Å². The van der Waals surface area contributed by atoms with Crippen LogP contribution in [0.4, 0.5) is 0 Å². The van der Waals surface area contributed by atoms with Gasteiger partial charge in [-0.05, 0) is 13.3 Å². The number of aliphatic hydroxyl groups excluding tert-OH is 3. The molecule has 0 radical (unpaired) electrons. The second kappa shape index (κ2) is 6.55. The molecule has 0 aliphatic carbocycles. The molecule has 1 aliphatic heterocycles. The highest BCUT2D eigenvalue weighted by atomic mass is 16.5. The van der Waals surface area contributed by atoms with Crippen LogP contribution in [0.15, 0.2) is 0 Å². The fourth-order valence-electron chi connectivity index (χ4n) is 2.15. The highest BCUT2D eigenvalue weighted by Crippen LogP contribution is 2.24. The molecule has 0 saturated carbocycles. The van der Waals surface area contributed by atoms with Gasteiger partial charge in [-0.2, -0.15) is 0 Å². The Hall–Kier alpha value is -0.160. The summed E-state index contributed by atoms with van der Waals surface area (Å²) in [6.45, 7) is 3.87. The Labute approximate surface area is 97.2 Å². The van der Waals surface area contributed by atoms with E-state index in [1.807, 2.05) is 0 Å². The molecule has 4 heteroatoms. The van der Waals surface area contributed by atoms with Crippen molar-refractivity contribution in [2.75, 3.05) is 0 Å². The van der Waals surface area contributed by atoms with Crippen LogP contribution in [0.25, 0.3) is 0 Å². The third-order valence-corrected chi connectivity index (χ3v) is 3.29. The van der Waals surface area contributed by atoms with Crippen molar-refractivity contribution < 1.29 is 20.1 Å². The number of hydrogen-bond acceptors (Lipinski definition) is 4. The lowest BCUT2D eigenvalue weighted by Gasteiger charge is -2.39. The summed E-state index contributed by atoms with van der Waals surface area (Å²) in [5.74, 6) is 0. The lowest BCUT2D eigenvalue weighted by molar-refractivity contribution is -0.218. The molecular formula is C12H24O4. The van der Waals surface area contributed by atoms with Crippen molar-refractivity contribution >= 4 is 0 Å². The maximum atomic E-state index is 9.75. The van der Waals surface area contributed by atoms with Crippen molar-refractivity contribution in [3.05, 3.63) is 0 Å². The van der Waals surface area contributed by atoms with E-state index >= 15 is 0 Å². The largest absolute Gasteiger partial charge is 0.388 e. The smallest absolute Gasteiger partial charge is 0.111 e. The SMILES string of the molecule is CCCCCC[C@@H]1O[C@@H](C)[C@H](O)[C@@H](O)[C@H]1O. The molecule has 96 valence electrons. The van der Waals surface area contributed by atoms with Gasteiger partial charge in [0.15, 0.2) is 0 Å². The minimum atomic E-state index is -1.08. The number of aliphatic hydroxyl groups is 3. The van der Waals surface area contributed by atoms with E-state index in [-0.39, 0.29) is 6.10 Å². The van der Waals surface area contributed by atoms with Crippen molar-refractivity contribution in [1.29, 1.82) is 0 Å². The summed E-state index contributed by atoms with van der Waals surface area (Å²) in [6.07, 6.45) is 1.43. The molecular weight excluding hydrogens is 208 g/mol. The zero-order valence-corrected chi connectivity index (χ0v) is 10.2. The second-order valence-corrected chi connectivity index (χ2v) is 4.70. The maximum Gasteiger partial charge on any atom is 0.111 e. The minimum absolute atomic E-state index is 0.342.